The summed E-state index contributed by atoms with van der Waals surface area (Å²) in [5.41, 5.74) is 1.80. The van der Waals surface area contributed by atoms with Gasteiger partial charge in [0, 0.05) is 11.3 Å². The van der Waals surface area contributed by atoms with Crippen LogP contribution in [0.25, 0.3) is 11.0 Å². The molecule has 2 aromatic rings. The van der Waals surface area contributed by atoms with Crippen molar-refractivity contribution in [3.05, 3.63) is 36.1 Å². The number of thioether (sulfide) groups is 1. The van der Waals surface area contributed by atoms with Crippen LogP contribution in [0.1, 0.15) is 24.8 Å². The minimum atomic E-state index is -1.60. The molecule has 1 amide bonds. The fourth-order valence-corrected chi connectivity index (χ4v) is 5.30. The number of furan rings is 1. The number of benzene rings is 1. The fourth-order valence-electron chi connectivity index (χ4n) is 3.99. The van der Waals surface area contributed by atoms with Gasteiger partial charge in [-0.1, -0.05) is 18.2 Å². The number of fused-ring (bicyclic) bond motifs is 1. The third-order valence-corrected chi connectivity index (χ3v) is 6.67. The second kappa shape index (κ2) is 6.70. The summed E-state index contributed by atoms with van der Waals surface area (Å²) in [5.74, 6) is 1.49. The molecule has 2 heterocycles. The average Bonchev–Trinajstić information content (AvgIpc) is 3.15. The van der Waals surface area contributed by atoms with Gasteiger partial charge in [-0.05, 0) is 54.2 Å². The SMILES string of the molecule is O=C(N[C@@H](Cc1coc2ccccc12)B(O)O)C1CC12CCSCC2. The maximum atomic E-state index is 12.6. The zero-order valence-electron chi connectivity index (χ0n) is 14.0. The zero-order chi connectivity index (χ0) is 17.4. The van der Waals surface area contributed by atoms with Crippen LogP contribution < -0.4 is 5.32 Å². The van der Waals surface area contributed by atoms with Crippen LogP contribution in [0.3, 0.4) is 0 Å². The summed E-state index contributed by atoms with van der Waals surface area (Å²) in [4.78, 5) is 12.6. The predicted molar refractivity (Wildman–Crippen MR) is 99.1 cm³/mol. The van der Waals surface area contributed by atoms with E-state index in [9.17, 15) is 14.8 Å². The molecule has 2 atom stereocenters. The van der Waals surface area contributed by atoms with Gasteiger partial charge in [-0.2, -0.15) is 11.8 Å². The van der Waals surface area contributed by atoms with Crippen molar-refractivity contribution in [3.63, 3.8) is 0 Å². The molecule has 1 aromatic heterocycles. The molecule has 2 aliphatic rings. The number of nitrogens with one attached hydrogen (secondary N) is 1. The number of hydrogen-bond acceptors (Lipinski definition) is 5. The molecule has 3 N–H and O–H groups in total. The van der Waals surface area contributed by atoms with E-state index in [-0.39, 0.29) is 17.2 Å². The van der Waals surface area contributed by atoms with Gasteiger partial charge < -0.3 is 19.8 Å². The van der Waals surface area contributed by atoms with Crippen LogP contribution in [0.2, 0.25) is 0 Å². The quantitative estimate of drug-likeness (QED) is 0.712. The first kappa shape index (κ1) is 17.0. The number of rotatable bonds is 5. The Bertz CT molecular complexity index is 771. The van der Waals surface area contributed by atoms with E-state index in [1.165, 1.54) is 0 Å². The van der Waals surface area contributed by atoms with E-state index in [4.69, 9.17) is 4.42 Å². The van der Waals surface area contributed by atoms with Crippen LogP contribution >= 0.6 is 11.8 Å². The number of amides is 1. The Hall–Kier alpha value is -1.44. The second-order valence-electron chi connectivity index (χ2n) is 7.22. The van der Waals surface area contributed by atoms with Crippen LogP contribution in [0.4, 0.5) is 0 Å². The largest absolute Gasteiger partial charge is 0.475 e. The highest BCUT2D eigenvalue weighted by molar-refractivity contribution is 7.99. The minimum absolute atomic E-state index is 0.0238. The summed E-state index contributed by atoms with van der Waals surface area (Å²) in [5, 5.41) is 23.3. The second-order valence-corrected chi connectivity index (χ2v) is 8.45. The molecular weight excluding hydrogens is 337 g/mol. The van der Waals surface area contributed by atoms with Crippen molar-refractivity contribution in [2.75, 3.05) is 11.5 Å². The molecule has 0 bridgehead atoms. The molecule has 1 aromatic carbocycles. The highest BCUT2D eigenvalue weighted by atomic mass is 32.2. The van der Waals surface area contributed by atoms with E-state index < -0.39 is 13.1 Å². The molecule has 25 heavy (non-hydrogen) atoms. The Morgan fingerprint density at radius 2 is 2.12 bits per heavy atom. The van der Waals surface area contributed by atoms with Gasteiger partial charge in [0.1, 0.15) is 5.58 Å². The average molecular weight is 359 g/mol. The lowest BCUT2D eigenvalue weighted by Crippen LogP contribution is -2.48. The Balaban J connectivity index is 1.44. The molecule has 5 nitrogen and oxygen atoms in total. The van der Waals surface area contributed by atoms with Crippen molar-refractivity contribution in [2.24, 2.45) is 11.3 Å². The van der Waals surface area contributed by atoms with E-state index in [2.05, 4.69) is 5.32 Å². The molecule has 1 aliphatic carbocycles. The molecule has 0 radical (unpaired) electrons. The lowest BCUT2D eigenvalue weighted by atomic mass is 9.75. The molecule has 2 fully saturated rings. The Morgan fingerprint density at radius 1 is 1.36 bits per heavy atom. The summed E-state index contributed by atoms with van der Waals surface area (Å²) < 4.78 is 5.51. The van der Waals surface area contributed by atoms with Gasteiger partial charge in [-0.3, -0.25) is 4.79 Å². The lowest BCUT2D eigenvalue weighted by molar-refractivity contribution is -0.123. The summed E-state index contributed by atoms with van der Waals surface area (Å²) >= 11 is 1.95. The van der Waals surface area contributed by atoms with E-state index in [1.807, 2.05) is 36.0 Å². The molecule has 1 saturated heterocycles. The van der Waals surface area contributed by atoms with Gasteiger partial charge >= 0.3 is 7.12 Å². The third kappa shape index (κ3) is 3.33. The first-order chi connectivity index (χ1) is 12.1. The van der Waals surface area contributed by atoms with Gasteiger partial charge in [0.05, 0.1) is 12.2 Å². The van der Waals surface area contributed by atoms with Gasteiger partial charge in [-0.15, -0.1) is 0 Å². The molecule has 7 heteroatoms. The Labute approximate surface area is 151 Å². The van der Waals surface area contributed by atoms with Crippen LogP contribution in [0.15, 0.2) is 34.9 Å². The van der Waals surface area contributed by atoms with Gasteiger partial charge in [-0.25, -0.2) is 0 Å². The van der Waals surface area contributed by atoms with Crippen LogP contribution in [0, 0.1) is 11.3 Å². The normalized spacial score (nSPS) is 22.7. The van der Waals surface area contributed by atoms with Crippen LogP contribution in [-0.4, -0.2) is 40.5 Å². The lowest BCUT2D eigenvalue weighted by Gasteiger charge is -2.23. The summed E-state index contributed by atoms with van der Waals surface area (Å²) in [6, 6.07) is 7.62. The van der Waals surface area contributed by atoms with Crippen LogP contribution in [0.5, 0.6) is 0 Å². The monoisotopic (exact) mass is 359 g/mol. The van der Waals surface area contributed by atoms with Crippen molar-refractivity contribution in [1.82, 2.24) is 5.32 Å². The molecular formula is C18H22BNO4S. The summed E-state index contributed by atoms with van der Waals surface area (Å²) in [6.45, 7) is 0. The van der Waals surface area contributed by atoms with Crippen LogP contribution in [-0.2, 0) is 11.2 Å². The maximum Gasteiger partial charge on any atom is 0.475 e. The number of carbonyl (C=O) groups is 1. The van der Waals surface area contributed by atoms with Crippen molar-refractivity contribution in [2.45, 2.75) is 31.6 Å². The van der Waals surface area contributed by atoms with E-state index in [1.54, 1.807) is 6.26 Å². The molecule has 1 unspecified atom stereocenters. The highest BCUT2D eigenvalue weighted by Crippen LogP contribution is 2.60. The highest BCUT2D eigenvalue weighted by Gasteiger charge is 2.58. The zero-order valence-corrected chi connectivity index (χ0v) is 14.8. The fraction of sp³-hybridized carbons (Fsp3) is 0.500. The van der Waals surface area contributed by atoms with Crippen molar-refractivity contribution in [1.29, 1.82) is 0 Å². The third-order valence-electron chi connectivity index (χ3n) is 5.68. The minimum Gasteiger partial charge on any atom is -0.464 e. The predicted octanol–water partition coefficient (Wildman–Crippen LogP) is 2.01. The van der Waals surface area contributed by atoms with E-state index >= 15 is 0 Å². The van der Waals surface area contributed by atoms with Gasteiger partial charge in [0.25, 0.3) is 0 Å². The Morgan fingerprint density at radius 3 is 2.88 bits per heavy atom. The Kier molecular flexibility index (Phi) is 4.56. The van der Waals surface area contributed by atoms with Crippen molar-refractivity contribution < 1.29 is 19.3 Å². The summed E-state index contributed by atoms with van der Waals surface area (Å²) in [7, 11) is -1.60. The van der Waals surface area contributed by atoms with Gasteiger partial charge in [0.15, 0.2) is 0 Å². The standard InChI is InChI=1S/C18H22BNO4S/c21-17(14-10-18(14)5-7-25-8-6-18)20-16(19(22)23)9-12-11-24-15-4-2-1-3-13(12)15/h1-4,11,14,16,22-23H,5-10H2,(H,20,21)/t14?,16-/m0/s1. The van der Waals surface area contributed by atoms with Crippen molar-refractivity contribution >= 4 is 35.8 Å². The molecule has 132 valence electrons. The van der Waals surface area contributed by atoms with Crippen molar-refractivity contribution in [3.8, 4) is 0 Å². The van der Waals surface area contributed by atoms with E-state index in [0.29, 0.717) is 6.42 Å². The number of para-hydroxylation sites is 1. The maximum absolute atomic E-state index is 12.6. The van der Waals surface area contributed by atoms with Gasteiger partial charge in [0.2, 0.25) is 5.91 Å². The number of carbonyl (C=O) groups excluding carboxylic acids is 1. The summed E-state index contributed by atoms with van der Waals surface area (Å²) in [6.07, 6.45) is 5.07. The molecule has 1 spiro atoms. The topological polar surface area (TPSA) is 82.7 Å². The first-order valence-electron chi connectivity index (χ1n) is 8.78. The van der Waals surface area contributed by atoms with E-state index in [0.717, 1.165) is 47.3 Å². The molecule has 1 aliphatic heterocycles. The molecule has 4 rings (SSSR count). The smallest absolute Gasteiger partial charge is 0.464 e. The first-order valence-corrected chi connectivity index (χ1v) is 9.94. The number of hydrogen-bond donors (Lipinski definition) is 3. The molecule has 1 saturated carbocycles.